The molecule has 0 unspecified atom stereocenters. The summed E-state index contributed by atoms with van der Waals surface area (Å²) in [5.74, 6) is 0.879. The van der Waals surface area contributed by atoms with E-state index in [4.69, 9.17) is 5.73 Å². The van der Waals surface area contributed by atoms with E-state index in [1.54, 1.807) is 24.8 Å². The number of amides is 1. The first kappa shape index (κ1) is 20.4. The second kappa shape index (κ2) is 8.47. The van der Waals surface area contributed by atoms with Crippen LogP contribution in [0.25, 0.3) is 22.0 Å². The highest BCUT2D eigenvalue weighted by Gasteiger charge is 2.44. The van der Waals surface area contributed by atoms with Crippen molar-refractivity contribution in [2.24, 2.45) is 16.8 Å². The van der Waals surface area contributed by atoms with E-state index in [0.717, 1.165) is 39.6 Å². The van der Waals surface area contributed by atoms with Crippen molar-refractivity contribution in [3.8, 4) is 11.3 Å². The van der Waals surface area contributed by atoms with Crippen LogP contribution in [-0.4, -0.2) is 27.6 Å². The highest BCUT2D eigenvalue weighted by Crippen LogP contribution is 2.45. The molecule has 31 heavy (non-hydrogen) atoms. The number of nitrogens with one attached hydrogen (secondary N) is 1. The number of pyridine rings is 3. The van der Waals surface area contributed by atoms with Crippen LogP contribution >= 0.6 is 0 Å². The average molecular weight is 412 g/mol. The summed E-state index contributed by atoms with van der Waals surface area (Å²) in [5.41, 5.74) is 9.90. The number of nitrogens with zero attached hydrogens (tertiary/aromatic N) is 4. The Labute approximate surface area is 180 Å². The molecule has 0 radical (unpaired) electrons. The van der Waals surface area contributed by atoms with Crippen LogP contribution in [0.1, 0.15) is 18.9 Å². The molecule has 7 heteroatoms. The van der Waals surface area contributed by atoms with Crippen LogP contribution in [-0.2, 0) is 4.79 Å². The molecule has 1 fully saturated rings. The Balaban J connectivity index is 1.58. The first-order valence-corrected chi connectivity index (χ1v) is 10.1. The molecule has 1 saturated carbocycles. The van der Waals surface area contributed by atoms with Gasteiger partial charge in [0.15, 0.2) is 0 Å². The zero-order chi connectivity index (χ0) is 22.0. The maximum atomic E-state index is 12.7. The van der Waals surface area contributed by atoms with E-state index in [1.165, 1.54) is 0 Å². The molecule has 3 N–H and O–H groups in total. The largest absolute Gasteiger partial charge is 0.383 e. The third kappa shape index (κ3) is 4.21. The van der Waals surface area contributed by atoms with Crippen molar-refractivity contribution < 1.29 is 4.79 Å². The molecule has 0 bridgehead atoms. The number of nitrogens with two attached hydrogens (primary N) is 1. The quantitative estimate of drug-likeness (QED) is 0.463. The van der Waals surface area contributed by atoms with Gasteiger partial charge in [-0.05, 0) is 67.6 Å². The van der Waals surface area contributed by atoms with Crippen LogP contribution in [0.15, 0.2) is 65.7 Å². The van der Waals surface area contributed by atoms with Crippen molar-refractivity contribution in [3.05, 3.63) is 66.3 Å². The third-order valence-electron chi connectivity index (χ3n) is 5.47. The van der Waals surface area contributed by atoms with Crippen LogP contribution in [0.4, 0.5) is 11.6 Å². The fourth-order valence-corrected chi connectivity index (χ4v) is 3.74. The summed E-state index contributed by atoms with van der Waals surface area (Å²) in [6.45, 7) is 7.45. The van der Waals surface area contributed by atoms with Crippen LogP contribution in [0.5, 0.6) is 0 Å². The monoisotopic (exact) mass is 412 g/mol. The second-order valence-corrected chi connectivity index (χ2v) is 7.62. The van der Waals surface area contributed by atoms with Crippen molar-refractivity contribution in [1.29, 1.82) is 0 Å². The predicted molar refractivity (Wildman–Crippen MR) is 125 cm³/mol. The van der Waals surface area contributed by atoms with E-state index in [1.807, 2.05) is 44.2 Å². The van der Waals surface area contributed by atoms with Crippen molar-refractivity contribution >= 4 is 35.0 Å². The number of hydrogen-bond acceptors (Lipinski definition) is 6. The average Bonchev–Trinajstić information content (AvgIpc) is 3.55. The summed E-state index contributed by atoms with van der Waals surface area (Å²) in [5, 5.41) is 4.53. The molecule has 4 rings (SSSR count). The first-order valence-electron chi connectivity index (χ1n) is 10.1. The number of aromatic nitrogens is 3. The third-order valence-corrected chi connectivity index (χ3v) is 5.47. The molecule has 1 aliphatic rings. The summed E-state index contributed by atoms with van der Waals surface area (Å²) in [6.07, 6.45) is 11.6. The molecule has 3 heterocycles. The number of aryl methyl sites for hydroxylation is 1. The first-order chi connectivity index (χ1) is 15.0. The van der Waals surface area contributed by atoms with E-state index >= 15 is 0 Å². The minimum Gasteiger partial charge on any atom is -0.383 e. The van der Waals surface area contributed by atoms with Crippen molar-refractivity contribution in [3.63, 3.8) is 0 Å². The van der Waals surface area contributed by atoms with Crippen LogP contribution in [0, 0.1) is 18.8 Å². The zero-order valence-corrected chi connectivity index (χ0v) is 17.5. The second-order valence-electron chi connectivity index (χ2n) is 7.62. The highest BCUT2D eigenvalue weighted by atomic mass is 16.2. The van der Waals surface area contributed by atoms with Gasteiger partial charge in [0.25, 0.3) is 0 Å². The fraction of sp³-hybridized carbons (Fsp3) is 0.208. The predicted octanol–water partition coefficient (Wildman–Crippen LogP) is 4.32. The van der Waals surface area contributed by atoms with E-state index < -0.39 is 0 Å². The molecule has 0 aromatic carbocycles. The molecule has 7 nitrogen and oxygen atoms in total. The fourth-order valence-electron chi connectivity index (χ4n) is 3.74. The number of nitrogen functional groups attached to an aromatic ring is 1. The van der Waals surface area contributed by atoms with Gasteiger partial charge in [0.2, 0.25) is 5.91 Å². The number of fused-ring (bicyclic) bond motifs is 1. The van der Waals surface area contributed by atoms with Crippen molar-refractivity contribution in [2.45, 2.75) is 20.3 Å². The summed E-state index contributed by atoms with van der Waals surface area (Å²) < 4.78 is 0. The minimum atomic E-state index is -0.0992. The smallest absolute Gasteiger partial charge is 0.229 e. The number of aliphatic imine (C=N–C) groups is 1. The van der Waals surface area contributed by atoms with Gasteiger partial charge in [-0.3, -0.25) is 14.8 Å². The standard InChI is InChI=1S/C24H24N6O/c1-4-5-15(11-26-3)17-10-18(17)24(31)30-22-9-16-8-21(19-12-27-7-6-14(19)2)29-23(25)20(16)13-28-22/h4-9,11-13,17-18H,3,10H2,1-2H3,(H2,25,29)(H,28,30,31)/b5-4-,15-11+/t17-,18+/m0/s1. The highest BCUT2D eigenvalue weighted by molar-refractivity contribution is 5.98. The summed E-state index contributed by atoms with van der Waals surface area (Å²) in [4.78, 5) is 29.6. The number of rotatable bonds is 6. The van der Waals surface area contributed by atoms with Gasteiger partial charge in [-0.25, -0.2) is 9.97 Å². The van der Waals surface area contributed by atoms with Gasteiger partial charge in [-0.2, -0.15) is 0 Å². The topological polar surface area (TPSA) is 106 Å². The number of anilines is 2. The van der Waals surface area contributed by atoms with Gasteiger partial charge < -0.3 is 11.1 Å². The van der Waals surface area contributed by atoms with E-state index in [0.29, 0.717) is 11.6 Å². The van der Waals surface area contributed by atoms with Crippen LogP contribution in [0.3, 0.4) is 0 Å². The lowest BCUT2D eigenvalue weighted by Crippen LogP contribution is -2.16. The molecule has 2 atom stereocenters. The van der Waals surface area contributed by atoms with Gasteiger partial charge in [-0.1, -0.05) is 12.2 Å². The van der Waals surface area contributed by atoms with E-state index in [2.05, 4.69) is 32.0 Å². The van der Waals surface area contributed by atoms with Crippen LogP contribution in [0.2, 0.25) is 0 Å². The van der Waals surface area contributed by atoms with Gasteiger partial charge in [-0.15, -0.1) is 0 Å². The number of carbonyl (C=O) groups is 1. The molecule has 1 amide bonds. The summed E-state index contributed by atoms with van der Waals surface area (Å²) >= 11 is 0. The Morgan fingerprint density at radius 2 is 2.16 bits per heavy atom. The lowest BCUT2D eigenvalue weighted by Gasteiger charge is -2.10. The SMILES string of the molecule is C=N/C=C(\C=C/C)[C@@H]1C[C@H]1C(=O)Nc1cc2cc(-c3cnccc3C)nc(N)c2cn1. The molecule has 0 aliphatic heterocycles. The lowest BCUT2D eigenvalue weighted by molar-refractivity contribution is -0.117. The Morgan fingerprint density at radius 1 is 1.32 bits per heavy atom. The van der Waals surface area contributed by atoms with Crippen molar-refractivity contribution in [1.82, 2.24) is 15.0 Å². The van der Waals surface area contributed by atoms with E-state index in [-0.39, 0.29) is 17.7 Å². The molecule has 3 aromatic rings. The molecule has 0 spiro atoms. The van der Waals surface area contributed by atoms with Gasteiger partial charge in [0.1, 0.15) is 11.6 Å². The van der Waals surface area contributed by atoms with Gasteiger partial charge >= 0.3 is 0 Å². The molecule has 156 valence electrons. The maximum Gasteiger partial charge on any atom is 0.229 e. The molecular formula is C24H24N6O. The van der Waals surface area contributed by atoms with Crippen molar-refractivity contribution in [2.75, 3.05) is 11.1 Å². The Morgan fingerprint density at radius 3 is 2.90 bits per heavy atom. The van der Waals surface area contributed by atoms with Gasteiger partial charge in [0.05, 0.1) is 5.69 Å². The number of allylic oxidation sites excluding steroid dienone is 3. The Hall–Kier alpha value is -3.87. The summed E-state index contributed by atoms with van der Waals surface area (Å²) in [7, 11) is 0. The zero-order valence-electron chi connectivity index (χ0n) is 17.5. The Kier molecular flexibility index (Phi) is 5.58. The lowest BCUT2D eigenvalue weighted by atomic mass is 10.1. The summed E-state index contributed by atoms with van der Waals surface area (Å²) in [6, 6.07) is 5.70. The minimum absolute atomic E-state index is 0.0540. The van der Waals surface area contributed by atoms with Crippen LogP contribution < -0.4 is 11.1 Å². The number of carbonyl (C=O) groups excluding carboxylic acids is 1. The van der Waals surface area contributed by atoms with E-state index in [9.17, 15) is 4.79 Å². The molecule has 1 aliphatic carbocycles. The molecular weight excluding hydrogens is 388 g/mol. The number of hydrogen-bond donors (Lipinski definition) is 2. The van der Waals surface area contributed by atoms with Gasteiger partial charge in [0, 0.05) is 41.7 Å². The molecule has 3 aromatic heterocycles. The maximum absolute atomic E-state index is 12.7. The Bertz CT molecular complexity index is 1230. The molecule has 0 saturated heterocycles. The normalized spacial score (nSPS) is 18.3.